The summed E-state index contributed by atoms with van der Waals surface area (Å²) >= 11 is 0. The van der Waals surface area contributed by atoms with Crippen LogP contribution in [0.1, 0.15) is 47.5 Å². The summed E-state index contributed by atoms with van der Waals surface area (Å²) in [7, 11) is 0. The molecule has 5 heteroatoms. The van der Waals surface area contributed by atoms with Crippen LogP contribution in [0.2, 0.25) is 0 Å². The molecule has 0 saturated heterocycles. The van der Waals surface area contributed by atoms with Crippen molar-refractivity contribution in [1.29, 1.82) is 0 Å². The van der Waals surface area contributed by atoms with Gasteiger partial charge >= 0.3 is 0 Å². The van der Waals surface area contributed by atoms with E-state index in [1.807, 2.05) is 24.3 Å². The third-order valence-corrected chi connectivity index (χ3v) is 4.28. The smallest absolute Gasteiger partial charge is 0.223 e. The number of carbonyl (C=O) groups excluding carboxylic acids is 2. The molecule has 0 aromatic heterocycles. The minimum absolute atomic E-state index is 0.00772. The van der Waals surface area contributed by atoms with Crippen molar-refractivity contribution >= 4 is 23.2 Å². The van der Waals surface area contributed by atoms with Crippen molar-refractivity contribution in [1.82, 2.24) is 5.32 Å². The molecule has 0 aliphatic heterocycles. The highest BCUT2D eigenvalue weighted by atomic mass is 16.2. The highest BCUT2D eigenvalue weighted by Crippen LogP contribution is 2.21. The average Bonchev–Trinajstić information content (AvgIpc) is 2.56. The van der Waals surface area contributed by atoms with E-state index in [2.05, 4.69) is 37.9 Å². The first-order valence-corrected chi connectivity index (χ1v) is 9.28. The number of nitrogens with zero attached hydrogens (tertiary/aromatic N) is 2. The molecule has 0 spiro atoms. The van der Waals surface area contributed by atoms with E-state index in [0.29, 0.717) is 25.4 Å². The number of benzene rings is 1. The molecule has 0 heterocycles. The molecule has 0 aliphatic rings. The lowest BCUT2D eigenvalue weighted by Gasteiger charge is -2.24. The summed E-state index contributed by atoms with van der Waals surface area (Å²) in [5.41, 5.74) is 1.97. The van der Waals surface area contributed by atoms with Crippen LogP contribution in [0, 0.1) is 5.92 Å². The lowest BCUT2D eigenvalue weighted by Crippen LogP contribution is -2.34. The zero-order chi connectivity index (χ0) is 18.8. The van der Waals surface area contributed by atoms with Crippen LogP contribution in [0.3, 0.4) is 0 Å². The van der Waals surface area contributed by atoms with Gasteiger partial charge in [0, 0.05) is 50.9 Å². The van der Waals surface area contributed by atoms with Gasteiger partial charge in [0.1, 0.15) is 0 Å². The first kappa shape index (κ1) is 21.0. The molecule has 1 rings (SSSR count). The molecule has 0 saturated carbocycles. The Bertz CT molecular complexity index is 536. The fourth-order valence-electron chi connectivity index (χ4n) is 2.70. The van der Waals surface area contributed by atoms with Crippen molar-refractivity contribution in [3.63, 3.8) is 0 Å². The Hall–Kier alpha value is -2.04. The van der Waals surface area contributed by atoms with Crippen LogP contribution in [-0.2, 0) is 9.59 Å². The predicted octanol–water partition coefficient (Wildman–Crippen LogP) is 3.44. The first-order valence-electron chi connectivity index (χ1n) is 9.28. The van der Waals surface area contributed by atoms with Gasteiger partial charge in [-0.15, -0.1) is 0 Å². The summed E-state index contributed by atoms with van der Waals surface area (Å²) in [5.74, 6) is 0.510. The van der Waals surface area contributed by atoms with Gasteiger partial charge in [-0.2, -0.15) is 0 Å². The Morgan fingerprint density at radius 1 is 1.04 bits per heavy atom. The van der Waals surface area contributed by atoms with Crippen molar-refractivity contribution < 1.29 is 9.59 Å². The van der Waals surface area contributed by atoms with Gasteiger partial charge in [-0.05, 0) is 50.5 Å². The van der Waals surface area contributed by atoms with E-state index in [-0.39, 0.29) is 11.8 Å². The van der Waals surface area contributed by atoms with Crippen molar-refractivity contribution in [2.45, 2.75) is 47.5 Å². The fraction of sp³-hybridized carbons (Fsp3) is 0.600. The quantitative estimate of drug-likeness (QED) is 0.705. The van der Waals surface area contributed by atoms with Gasteiger partial charge in [-0.1, -0.05) is 13.8 Å². The van der Waals surface area contributed by atoms with Gasteiger partial charge in [0.05, 0.1) is 0 Å². The number of hydrogen-bond acceptors (Lipinski definition) is 3. The Labute approximate surface area is 152 Å². The van der Waals surface area contributed by atoms with Gasteiger partial charge in [-0.3, -0.25) is 9.59 Å². The van der Waals surface area contributed by atoms with E-state index in [9.17, 15) is 9.59 Å². The Kier molecular flexibility index (Phi) is 9.03. The lowest BCUT2D eigenvalue weighted by molar-refractivity contribution is -0.121. The molecular weight excluding hydrogens is 314 g/mol. The topological polar surface area (TPSA) is 52.6 Å². The summed E-state index contributed by atoms with van der Waals surface area (Å²) in [6.07, 6.45) is 1.28. The lowest BCUT2D eigenvalue weighted by atomic mass is 10.1. The van der Waals surface area contributed by atoms with Crippen molar-refractivity contribution in [3.05, 3.63) is 24.3 Å². The normalized spacial score (nSPS) is 10.6. The fourth-order valence-corrected chi connectivity index (χ4v) is 2.70. The molecule has 0 atom stereocenters. The highest BCUT2D eigenvalue weighted by molar-refractivity contribution is 5.92. The minimum Gasteiger partial charge on any atom is -0.372 e. The maximum Gasteiger partial charge on any atom is 0.223 e. The van der Waals surface area contributed by atoms with Crippen LogP contribution in [0.5, 0.6) is 0 Å². The summed E-state index contributed by atoms with van der Waals surface area (Å²) in [4.78, 5) is 27.8. The standard InChI is InChI=1S/C20H33N3O2/c1-6-22(7-2)18-8-10-19(11-9-18)23(17(5)24)15-13-20(25)21-14-12-16(3)4/h8-11,16H,6-7,12-15H2,1-5H3,(H,21,25). The van der Waals surface area contributed by atoms with Crippen molar-refractivity contribution in [2.24, 2.45) is 5.92 Å². The predicted molar refractivity (Wildman–Crippen MR) is 105 cm³/mol. The van der Waals surface area contributed by atoms with E-state index in [0.717, 1.165) is 30.9 Å². The van der Waals surface area contributed by atoms with Crippen LogP contribution in [0.15, 0.2) is 24.3 Å². The molecular formula is C20H33N3O2. The van der Waals surface area contributed by atoms with Crippen LogP contribution in [0.25, 0.3) is 0 Å². The SMILES string of the molecule is CCN(CC)c1ccc(N(CCC(=O)NCCC(C)C)C(C)=O)cc1. The van der Waals surface area contributed by atoms with Crippen molar-refractivity contribution in [3.8, 4) is 0 Å². The first-order chi connectivity index (χ1) is 11.9. The number of carbonyl (C=O) groups is 2. The van der Waals surface area contributed by atoms with Gasteiger partial charge < -0.3 is 15.1 Å². The van der Waals surface area contributed by atoms with E-state index >= 15 is 0 Å². The zero-order valence-corrected chi connectivity index (χ0v) is 16.3. The van der Waals surface area contributed by atoms with E-state index in [1.54, 1.807) is 4.90 Å². The highest BCUT2D eigenvalue weighted by Gasteiger charge is 2.14. The second kappa shape index (κ2) is 10.7. The minimum atomic E-state index is -0.0504. The second-order valence-corrected chi connectivity index (χ2v) is 6.64. The maximum absolute atomic E-state index is 12.0. The van der Waals surface area contributed by atoms with Crippen LogP contribution < -0.4 is 15.1 Å². The van der Waals surface area contributed by atoms with Gasteiger partial charge in [0.25, 0.3) is 0 Å². The van der Waals surface area contributed by atoms with Crippen LogP contribution >= 0.6 is 0 Å². The monoisotopic (exact) mass is 347 g/mol. The van der Waals surface area contributed by atoms with E-state index in [4.69, 9.17) is 0 Å². The largest absolute Gasteiger partial charge is 0.372 e. The second-order valence-electron chi connectivity index (χ2n) is 6.64. The van der Waals surface area contributed by atoms with Crippen molar-refractivity contribution in [2.75, 3.05) is 36.0 Å². The summed E-state index contributed by atoms with van der Waals surface area (Å²) in [6.45, 7) is 13.0. The molecule has 0 fully saturated rings. The number of rotatable bonds is 10. The Morgan fingerprint density at radius 3 is 2.08 bits per heavy atom. The molecule has 0 aliphatic carbocycles. The number of anilines is 2. The van der Waals surface area contributed by atoms with E-state index in [1.165, 1.54) is 6.92 Å². The molecule has 0 radical (unpaired) electrons. The summed E-state index contributed by atoms with van der Waals surface area (Å²) in [5, 5.41) is 2.92. The number of nitrogens with one attached hydrogen (secondary N) is 1. The molecule has 0 bridgehead atoms. The Balaban J connectivity index is 2.64. The third kappa shape index (κ3) is 7.16. The molecule has 5 nitrogen and oxygen atoms in total. The van der Waals surface area contributed by atoms with Gasteiger partial charge in [0.2, 0.25) is 11.8 Å². The summed E-state index contributed by atoms with van der Waals surface area (Å²) < 4.78 is 0. The maximum atomic E-state index is 12.0. The average molecular weight is 348 g/mol. The molecule has 140 valence electrons. The molecule has 1 aromatic carbocycles. The zero-order valence-electron chi connectivity index (χ0n) is 16.3. The molecule has 1 aromatic rings. The van der Waals surface area contributed by atoms with E-state index < -0.39 is 0 Å². The van der Waals surface area contributed by atoms with Crippen LogP contribution in [0.4, 0.5) is 11.4 Å². The Morgan fingerprint density at radius 2 is 1.60 bits per heavy atom. The number of hydrogen-bond donors (Lipinski definition) is 1. The molecule has 2 amide bonds. The molecule has 0 unspecified atom stereocenters. The van der Waals surface area contributed by atoms with Crippen LogP contribution in [-0.4, -0.2) is 38.0 Å². The molecule has 1 N–H and O–H groups in total. The van der Waals surface area contributed by atoms with Gasteiger partial charge in [-0.25, -0.2) is 0 Å². The third-order valence-electron chi connectivity index (χ3n) is 4.28. The molecule has 25 heavy (non-hydrogen) atoms. The van der Waals surface area contributed by atoms with Gasteiger partial charge in [0.15, 0.2) is 0 Å². The number of amides is 2. The summed E-state index contributed by atoms with van der Waals surface area (Å²) in [6, 6.07) is 7.96.